The summed E-state index contributed by atoms with van der Waals surface area (Å²) in [5.41, 5.74) is 0.495. The molecule has 0 aromatic rings. The van der Waals surface area contributed by atoms with Gasteiger partial charge in [-0.2, -0.15) is 0 Å². The zero-order chi connectivity index (χ0) is 11.8. The van der Waals surface area contributed by atoms with E-state index in [1.165, 1.54) is 12.8 Å². The Morgan fingerprint density at radius 2 is 1.75 bits per heavy atom. The normalized spacial score (nSPS) is 34.0. The molecule has 1 aliphatic carbocycles. The van der Waals surface area contributed by atoms with Gasteiger partial charge in [-0.15, -0.1) is 0 Å². The van der Waals surface area contributed by atoms with Crippen LogP contribution in [-0.4, -0.2) is 32.0 Å². The molecule has 1 saturated carbocycles. The van der Waals surface area contributed by atoms with Gasteiger partial charge in [0.05, 0.1) is 11.5 Å². The van der Waals surface area contributed by atoms with Crippen LogP contribution in [0.1, 0.15) is 46.0 Å². The van der Waals surface area contributed by atoms with Gasteiger partial charge >= 0.3 is 0 Å². The third-order valence-corrected chi connectivity index (χ3v) is 5.62. The first kappa shape index (κ1) is 12.4. The van der Waals surface area contributed by atoms with Crippen molar-refractivity contribution >= 4 is 9.84 Å². The highest BCUT2D eigenvalue weighted by atomic mass is 32.2. The van der Waals surface area contributed by atoms with Crippen molar-refractivity contribution in [1.29, 1.82) is 0 Å². The molecule has 0 aromatic carbocycles. The first-order valence-electron chi connectivity index (χ1n) is 6.33. The highest BCUT2D eigenvalue weighted by Gasteiger charge is 2.37. The lowest BCUT2D eigenvalue weighted by atomic mass is 9.68. The molecule has 1 heterocycles. The van der Waals surface area contributed by atoms with E-state index in [0.29, 0.717) is 29.0 Å². The van der Waals surface area contributed by atoms with Crippen molar-refractivity contribution in [2.24, 2.45) is 5.41 Å². The maximum Gasteiger partial charge on any atom is 0.150 e. The van der Waals surface area contributed by atoms with Gasteiger partial charge in [0.2, 0.25) is 0 Å². The van der Waals surface area contributed by atoms with Gasteiger partial charge in [0.25, 0.3) is 0 Å². The Kier molecular flexibility index (Phi) is 3.32. The standard InChI is InChI=1S/C12H23NO2S/c1-12(2)8-11(9-12)13-10-4-3-6-16(14,15)7-5-10/h10-11,13H,3-9H2,1-2H3. The minimum absolute atomic E-state index is 0.376. The predicted molar refractivity (Wildman–Crippen MR) is 66.2 cm³/mol. The van der Waals surface area contributed by atoms with Crippen LogP contribution in [0, 0.1) is 5.41 Å². The molecule has 3 nitrogen and oxygen atoms in total. The number of hydrogen-bond donors (Lipinski definition) is 1. The highest BCUT2D eigenvalue weighted by molar-refractivity contribution is 7.91. The smallest absolute Gasteiger partial charge is 0.150 e. The lowest BCUT2D eigenvalue weighted by molar-refractivity contribution is 0.115. The number of sulfone groups is 1. The molecular weight excluding hydrogens is 222 g/mol. The topological polar surface area (TPSA) is 46.2 Å². The maximum atomic E-state index is 11.5. The minimum Gasteiger partial charge on any atom is -0.311 e. The van der Waals surface area contributed by atoms with Crippen molar-refractivity contribution in [3.8, 4) is 0 Å². The average Bonchev–Trinajstić information content (AvgIpc) is 2.25. The fourth-order valence-corrected chi connectivity index (χ4v) is 4.46. The van der Waals surface area contributed by atoms with E-state index in [-0.39, 0.29) is 0 Å². The van der Waals surface area contributed by atoms with Crippen molar-refractivity contribution in [3.63, 3.8) is 0 Å². The molecule has 0 radical (unpaired) electrons. The maximum absolute atomic E-state index is 11.5. The van der Waals surface area contributed by atoms with E-state index in [4.69, 9.17) is 0 Å². The van der Waals surface area contributed by atoms with Gasteiger partial charge in [-0.25, -0.2) is 8.42 Å². The second kappa shape index (κ2) is 4.30. The van der Waals surface area contributed by atoms with Crippen molar-refractivity contribution < 1.29 is 8.42 Å². The van der Waals surface area contributed by atoms with E-state index in [0.717, 1.165) is 19.3 Å². The molecule has 0 bridgehead atoms. The van der Waals surface area contributed by atoms with Gasteiger partial charge in [-0.3, -0.25) is 0 Å². The summed E-state index contributed by atoms with van der Waals surface area (Å²) in [4.78, 5) is 0. The third-order valence-electron chi connectivity index (χ3n) is 3.85. The van der Waals surface area contributed by atoms with Crippen LogP contribution in [0.3, 0.4) is 0 Å². The quantitative estimate of drug-likeness (QED) is 0.806. The zero-order valence-corrected chi connectivity index (χ0v) is 11.1. The molecule has 4 heteroatoms. The molecule has 2 fully saturated rings. The van der Waals surface area contributed by atoms with Crippen LogP contribution in [0.25, 0.3) is 0 Å². The molecule has 0 spiro atoms. The van der Waals surface area contributed by atoms with Crippen LogP contribution in [0.2, 0.25) is 0 Å². The Hall–Kier alpha value is -0.0900. The van der Waals surface area contributed by atoms with Gasteiger partial charge in [-0.05, 0) is 37.5 Å². The summed E-state index contributed by atoms with van der Waals surface area (Å²) >= 11 is 0. The molecule has 94 valence electrons. The molecule has 16 heavy (non-hydrogen) atoms. The Morgan fingerprint density at radius 3 is 2.38 bits per heavy atom. The van der Waals surface area contributed by atoms with E-state index in [2.05, 4.69) is 19.2 Å². The molecule has 1 atom stereocenters. The summed E-state index contributed by atoms with van der Waals surface area (Å²) in [6.07, 6.45) is 5.12. The first-order valence-corrected chi connectivity index (χ1v) is 8.15. The van der Waals surface area contributed by atoms with Gasteiger partial charge in [0, 0.05) is 12.1 Å². The van der Waals surface area contributed by atoms with E-state index in [1.807, 2.05) is 0 Å². The Balaban J connectivity index is 1.79. The molecule has 1 unspecified atom stereocenters. The van der Waals surface area contributed by atoms with Gasteiger partial charge in [0.15, 0.2) is 0 Å². The zero-order valence-electron chi connectivity index (χ0n) is 10.3. The average molecular weight is 245 g/mol. The molecular formula is C12H23NO2S. The predicted octanol–water partition coefficient (Wildman–Crippen LogP) is 1.73. The summed E-state index contributed by atoms with van der Waals surface area (Å²) < 4.78 is 22.9. The SMILES string of the molecule is CC1(C)CC(NC2CCCS(=O)(=O)CC2)C1. The second-order valence-electron chi connectivity index (χ2n) is 6.22. The van der Waals surface area contributed by atoms with Crippen LogP contribution in [0.5, 0.6) is 0 Å². The minimum atomic E-state index is -2.74. The van der Waals surface area contributed by atoms with Crippen LogP contribution in [-0.2, 0) is 9.84 Å². The Bertz CT molecular complexity index is 340. The Labute approximate surface area is 98.9 Å². The van der Waals surface area contributed by atoms with Crippen molar-refractivity contribution in [3.05, 3.63) is 0 Å². The van der Waals surface area contributed by atoms with E-state index in [1.54, 1.807) is 0 Å². The number of rotatable bonds is 2. The fraction of sp³-hybridized carbons (Fsp3) is 1.00. The Morgan fingerprint density at radius 1 is 1.06 bits per heavy atom. The number of hydrogen-bond acceptors (Lipinski definition) is 3. The fourth-order valence-electron chi connectivity index (χ4n) is 3.01. The van der Waals surface area contributed by atoms with Gasteiger partial charge in [0.1, 0.15) is 9.84 Å². The molecule has 2 rings (SSSR count). The van der Waals surface area contributed by atoms with Gasteiger partial charge in [-0.1, -0.05) is 13.8 Å². The first-order chi connectivity index (χ1) is 7.36. The molecule has 0 aromatic heterocycles. The third kappa shape index (κ3) is 3.20. The summed E-state index contributed by atoms with van der Waals surface area (Å²) in [5, 5.41) is 3.62. The summed E-state index contributed by atoms with van der Waals surface area (Å²) in [6.45, 7) is 4.59. The summed E-state index contributed by atoms with van der Waals surface area (Å²) in [6, 6.07) is 1.05. The molecule has 2 aliphatic rings. The monoisotopic (exact) mass is 245 g/mol. The van der Waals surface area contributed by atoms with E-state index < -0.39 is 9.84 Å². The van der Waals surface area contributed by atoms with Crippen LogP contribution in [0.15, 0.2) is 0 Å². The second-order valence-corrected chi connectivity index (χ2v) is 8.52. The lowest BCUT2D eigenvalue weighted by Crippen LogP contribution is -2.49. The summed E-state index contributed by atoms with van der Waals surface area (Å²) in [5.74, 6) is 0.766. The highest BCUT2D eigenvalue weighted by Crippen LogP contribution is 2.40. The largest absolute Gasteiger partial charge is 0.311 e. The lowest BCUT2D eigenvalue weighted by Gasteiger charge is -2.44. The van der Waals surface area contributed by atoms with E-state index >= 15 is 0 Å². The molecule has 1 aliphatic heterocycles. The van der Waals surface area contributed by atoms with E-state index in [9.17, 15) is 8.42 Å². The number of nitrogens with one attached hydrogen (secondary N) is 1. The van der Waals surface area contributed by atoms with Crippen LogP contribution in [0.4, 0.5) is 0 Å². The molecule has 0 amide bonds. The van der Waals surface area contributed by atoms with Crippen molar-refractivity contribution in [1.82, 2.24) is 5.32 Å². The molecule has 1 N–H and O–H groups in total. The van der Waals surface area contributed by atoms with Crippen molar-refractivity contribution in [2.75, 3.05) is 11.5 Å². The van der Waals surface area contributed by atoms with Crippen LogP contribution < -0.4 is 5.32 Å². The van der Waals surface area contributed by atoms with Gasteiger partial charge < -0.3 is 5.32 Å². The van der Waals surface area contributed by atoms with Crippen molar-refractivity contribution in [2.45, 2.75) is 58.0 Å². The van der Waals surface area contributed by atoms with Crippen LogP contribution >= 0.6 is 0 Å². The summed E-state index contributed by atoms with van der Waals surface area (Å²) in [7, 11) is -2.74. The molecule has 1 saturated heterocycles.